The van der Waals surface area contributed by atoms with Crippen LogP contribution in [0.2, 0.25) is 0 Å². The molecule has 1 N–H and O–H groups in total. The summed E-state index contributed by atoms with van der Waals surface area (Å²) in [5.74, 6) is 0.689. The number of carbonyl (C=O) groups excluding carboxylic acids is 1. The van der Waals surface area contributed by atoms with E-state index in [1.54, 1.807) is 11.3 Å². The first-order chi connectivity index (χ1) is 19.1. The normalized spacial score (nSPS) is 18.3. The maximum atomic E-state index is 14.1. The first-order valence-electron chi connectivity index (χ1n) is 13.6. The van der Waals surface area contributed by atoms with Crippen molar-refractivity contribution in [2.75, 3.05) is 0 Å². The van der Waals surface area contributed by atoms with Gasteiger partial charge in [0, 0.05) is 48.0 Å². The molecular formula is C36H26O2S. The average molecular weight is 523 g/mol. The van der Waals surface area contributed by atoms with Gasteiger partial charge in [-0.25, -0.2) is 0 Å². The van der Waals surface area contributed by atoms with Crippen LogP contribution in [0.5, 0.6) is 0 Å². The summed E-state index contributed by atoms with van der Waals surface area (Å²) in [6.45, 7) is 0. The first kappa shape index (κ1) is 22.9. The van der Waals surface area contributed by atoms with Crippen molar-refractivity contribution in [1.29, 1.82) is 0 Å². The lowest BCUT2D eigenvalue weighted by Gasteiger charge is -2.38. The van der Waals surface area contributed by atoms with Crippen molar-refractivity contribution >= 4 is 37.3 Å². The van der Waals surface area contributed by atoms with Gasteiger partial charge in [-0.3, -0.25) is 4.79 Å². The Bertz CT molecular complexity index is 1930. The smallest absolute Gasteiger partial charge is 0.193 e. The van der Waals surface area contributed by atoms with Gasteiger partial charge in [0.25, 0.3) is 0 Å². The van der Waals surface area contributed by atoms with Gasteiger partial charge in [0.1, 0.15) is 5.60 Å². The van der Waals surface area contributed by atoms with Gasteiger partial charge in [-0.05, 0) is 60.1 Å². The largest absolute Gasteiger partial charge is 0.376 e. The minimum Gasteiger partial charge on any atom is -0.376 e. The maximum absolute atomic E-state index is 14.1. The molecular weight excluding hydrogens is 496 g/mol. The van der Waals surface area contributed by atoms with Crippen molar-refractivity contribution in [2.24, 2.45) is 5.92 Å². The van der Waals surface area contributed by atoms with Gasteiger partial charge in [0.15, 0.2) is 5.78 Å². The van der Waals surface area contributed by atoms with Crippen molar-refractivity contribution in [2.45, 2.75) is 24.9 Å². The lowest BCUT2D eigenvalue weighted by atomic mass is 9.68. The van der Waals surface area contributed by atoms with Gasteiger partial charge in [-0.1, -0.05) is 91.0 Å². The first-order valence-corrected chi connectivity index (χ1v) is 14.4. The zero-order chi connectivity index (χ0) is 26.1. The fraction of sp³-hybridized carbons (Fsp3) is 0.139. The summed E-state index contributed by atoms with van der Waals surface area (Å²) in [5.41, 5.74) is 5.06. The predicted octanol–water partition coefficient (Wildman–Crippen LogP) is 8.50. The number of aliphatic hydroxyl groups is 1. The highest BCUT2D eigenvalue weighted by atomic mass is 32.1. The Morgan fingerprint density at radius 1 is 0.667 bits per heavy atom. The number of carbonyl (C=O) groups is 1. The molecule has 5 aromatic carbocycles. The molecule has 3 heteroatoms. The van der Waals surface area contributed by atoms with Crippen LogP contribution >= 0.6 is 11.3 Å². The molecule has 0 aliphatic heterocycles. The lowest BCUT2D eigenvalue weighted by molar-refractivity contribution is 0.0951. The van der Waals surface area contributed by atoms with E-state index in [1.165, 1.54) is 23.1 Å². The van der Waals surface area contributed by atoms with E-state index in [1.807, 2.05) is 60.7 Å². The molecule has 1 unspecified atom stereocenters. The molecule has 1 fully saturated rings. The molecule has 0 amide bonds. The second-order valence-corrected chi connectivity index (χ2v) is 12.1. The second-order valence-electron chi connectivity index (χ2n) is 11.0. The molecule has 2 aliphatic rings. The SMILES string of the molecule is O=C1c2ccc(CC3CC3)cc2C(O)(c2ccccc2-c2ccccc2)c2cc3sc4ccccc4c3cc21. The van der Waals surface area contributed by atoms with Gasteiger partial charge in [0.2, 0.25) is 0 Å². The fourth-order valence-corrected chi connectivity index (χ4v) is 7.51. The summed E-state index contributed by atoms with van der Waals surface area (Å²) in [6, 6.07) is 36.9. The number of benzene rings is 5. The molecule has 8 rings (SSSR count). The minimum atomic E-state index is -1.48. The number of fused-ring (bicyclic) bond motifs is 5. The van der Waals surface area contributed by atoms with E-state index in [9.17, 15) is 9.90 Å². The molecule has 39 heavy (non-hydrogen) atoms. The zero-order valence-electron chi connectivity index (χ0n) is 21.4. The molecule has 0 saturated heterocycles. The van der Waals surface area contributed by atoms with Crippen LogP contribution in [0.25, 0.3) is 31.3 Å². The van der Waals surface area contributed by atoms with E-state index in [2.05, 4.69) is 48.5 Å². The number of hydrogen-bond acceptors (Lipinski definition) is 3. The molecule has 2 nitrogen and oxygen atoms in total. The Morgan fingerprint density at radius 2 is 1.41 bits per heavy atom. The molecule has 0 spiro atoms. The van der Waals surface area contributed by atoms with Crippen molar-refractivity contribution < 1.29 is 9.90 Å². The van der Waals surface area contributed by atoms with Crippen LogP contribution in [0.4, 0.5) is 0 Å². The summed E-state index contributed by atoms with van der Waals surface area (Å²) < 4.78 is 2.26. The average Bonchev–Trinajstić information content (AvgIpc) is 3.73. The molecule has 1 aromatic heterocycles. The minimum absolute atomic E-state index is 0.0166. The van der Waals surface area contributed by atoms with Crippen molar-refractivity contribution in [3.8, 4) is 11.1 Å². The van der Waals surface area contributed by atoms with Crippen LogP contribution in [-0.4, -0.2) is 10.9 Å². The fourth-order valence-electron chi connectivity index (χ4n) is 6.38. The third-order valence-corrected chi connectivity index (χ3v) is 9.63. The summed E-state index contributed by atoms with van der Waals surface area (Å²) in [4.78, 5) is 14.1. The Kier molecular flexibility index (Phi) is 4.97. The van der Waals surface area contributed by atoms with E-state index in [0.717, 1.165) is 38.6 Å². The van der Waals surface area contributed by atoms with Crippen LogP contribution in [-0.2, 0) is 12.0 Å². The highest BCUT2D eigenvalue weighted by molar-refractivity contribution is 7.25. The Labute approximate surface area is 231 Å². The van der Waals surface area contributed by atoms with Gasteiger partial charge in [-0.15, -0.1) is 11.3 Å². The van der Waals surface area contributed by atoms with Crippen molar-refractivity contribution in [3.05, 3.63) is 143 Å². The second kappa shape index (κ2) is 8.47. The van der Waals surface area contributed by atoms with E-state index >= 15 is 0 Å². The van der Waals surface area contributed by atoms with E-state index < -0.39 is 5.60 Å². The van der Waals surface area contributed by atoms with E-state index in [-0.39, 0.29) is 5.78 Å². The lowest BCUT2D eigenvalue weighted by Crippen LogP contribution is -2.37. The van der Waals surface area contributed by atoms with Crippen LogP contribution in [0.1, 0.15) is 51.0 Å². The number of ketones is 1. The summed E-state index contributed by atoms with van der Waals surface area (Å²) >= 11 is 1.71. The standard InChI is InChI=1S/C36H26O2S/c37-35-27-17-16-23(18-22-14-15-22)19-31(27)36(38,30-12-6-4-10-25(30)24-8-2-1-3-9-24)32-21-34-28(20-29(32)35)26-11-5-7-13-33(26)39-34/h1-13,16-17,19-22,38H,14-15,18H2. The Morgan fingerprint density at radius 3 is 2.26 bits per heavy atom. The van der Waals surface area contributed by atoms with E-state index in [4.69, 9.17) is 0 Å². The number of rotatable bonds is 4. The summed E-state index contributed by atoms with van der Waals surface area (Å²) in [6.07, 6.45) is 3.49. The number of hydrogen-bond donors (Lipinski definition) is 1. The third kappa shape index (κ3) is 3.47. The highest BCUT2D eigenvalue weighted by Crippen LogP contribution is 2.50. The maximum Gasteiger partial charge on any atom is 0.193 e. The Balaban J connectivity index is 1.46. The third-order valence-electron chi connectivity index (χ3n) is 8.49. The molecule has 188 valence electrons. The van der Waals surface area contributed by atoms with Crippen LogP contribution in [0, 0.1) is 5.92 Å². The van der Waals surface area contributed by atoms with Crippen molar-refractivity contribution in [1.82, 2.24) is 0 Å². The van der Waals surface area contributed by atoms with Gasteiger partial charge >= 0.3 is 0 Å². The molecule has 1 heterocycles. The zero-order valence-corrected chi connectivity index (χ0v) is 22.2. The topological polar surface area (TPSA) is 37.3 Å². The summed E-state index contributed by atoms with van der Waals surface area (Å²) in [5, 5.41) is 15.4. The van der Waals surface area contributed by atoms with Gasteiger partial charge in [-0.2, -0.15) is 0 Å². The quantitative estimate of drug-likeness (QED) is 0.252. The van der Waals surface area contributed by atoms with Gasteiger partial charge < -0.3 is 5.11 Å². The predicted molar refractivity (Wildman–Crippen MR) is 160 cm³/mol. The molecule has 6 aromatic rings. The van der Waals surface area contributed by atoms with Crippen molar-refractivity contribution in [3.63, 3.8) is 0 Å². The van der Waals surface area contributed by atoms with Gasteiger partial charge in [0.05, 0.1) is 0 Å². The monoisotopic (exact) mass is 522 g/mol. The molecule has 2 aliphatic carbocycles. The molecule has 1 saturated carbocycles. The Hall–Kier alpha value is -4.05. The summed E-state index contributed by atoms with van der Waals surface area (Å²) in [7, 11) is 0. The van der Waals surface area contributed by atoms with E-state index in [0.29, 0.717) is 28.2 Å². The van der Waals surface area contributed by atoms with Crippen LogP contribution < -0.4 is 0 Å². The molecule has 0 bridgehead atoms. The highest BCUT2D eigenvalue weighted by Gasteiger charge is 2.45. The van der Waals surface area contributed by atoms with Crippen LogP contribution in [0.15, 0.2) is 109 Å². The van der Waals surface area contributed by atoms with Crippen LogP contribution in [0.3, 0.4) is 0 Å². The molecule has 0 radical (unpaired) electrons. The number of thiophene rings is 1. The molecule has 1 atom stereocenters.